The monoisotopic (exact) mass is 225 g/mol. The Morgan fingerprint density at radius 1 is 1.53 bits per heavy atom. The normalized spacial score (nSPS) is 9.40. The molecule has 0 aromatic heterocycles. The van der Waals surface area contributed by atoms with Gasteiger partial charge in [-0.2, -0.15) is 5.01 Å². The summed E-state index contributed by atoms with van der Waals surface area (Å²) in [5.41, 5.74) is 10.7. The fourth-order valence-corrected chi connectivity index (χ4v) is 1.12. The number of hydrogen-bond acceptors (Lipinski definition) is 4. The zero-order valence-electron chi connectivity index (χ0n) is 7.88. The van der Waals surface area contributed by atoms with Gasteiger partial charge in [0, 0.05) is 6.54 Å². The molecule has 0 saturated heterocycles. The molecule has 0 heterocycles. The minimum absolute atomic E-state index is 0.454. The van der Waals surface area contributed by atoms with Crippen molar-refractivity contribution in [3.05, 3.63) is 29.8 Å². The Labute approximate surface area is 92.5 Å². The van der Waals surface area contributed by atoms with Crippen LogP contribution in [-0.4, -0.2) is 21.7 Å². The minimum atomic E-state index is -1.16. The number of anilines is 1. The predicted molar refractivity (Wildman–Crippen MR) is 61.5 cm³/mol. The maximum Gasteiger partial charge on any atom is 0.431 e. The average molecular weight is 225 g/mol. The van der Waals surface area contributed by atoms with Gasteiger partial charge in [-0.05, 0) is 17.7 Å². The number of carbonyl (C=O) groups is 1. The van der Waals surface area contributed by atoms with Gasteiger partial charge in [-0.3, -0.25) is 5.43 Å². The number of thiocarbonyl (C=S) groups is 1. The first-order valence-corrected chi connectivity index (χ1v) is 4.67. The molecular weight excluding hydrogens is 214 g/mol. The highest BCUT2D eigenvalue weighted by Gasteiger charge is 2.07. The van der Waals surface area contributed by atoms with Crippen molar-refractivity contribution in [2.75, 3.05) is 5.43 Å². The quantitative estimate of drug-likeness (QED) is 0.533. The van der Waals surface area contributed by atoms with Crippen LogP contribution in [0.4, 0.5) is 10.5 Å². The molecule has 0 unspecified atom stereocenters. The molecule has 0 radical (unpaired) electrons. The molecule has 0 fully saturated rings. The largest absolute Gasteiger partial charge is 0.463 e. The van der Waals surface area contributed by atoms with Crippen molar-refractivity contribution in [1.29, 1.82) is 0 Å². The lowest BCUT2D eigenvalue weighted by Crippen LogP contribution is -2.32. The highest BCUT2D eigenvalue weighted by atomic mass is 32.1. The first-order valence-electron chi connectivity index (χ1n) is 4.20. The molecule has 1 aromatic rings. The van der Waals surface area contributed by atoms with E-state index in [1.807, 2.05) is 12.1 Å². The predicted octanol–water partition coefficient (Wildman–Crippen LogP) is 1.41. The van der Waals surface area contributed by atoms with Crippen molar-refractivity contribution in [1.82, 2.24) is 5.01 Å². The van der Waals surface area contributed by atoms with Crippen LogP contribution in [-0.2, 0) is 6.54 Å². The van der Waals surface area contributed by atoms with Gasteiger partial charge in [0.25, 0.3) is 0 Å². The van der Waals surface area contributed by atoms with Gasteiger partial charge in [0.2, 0.25) is 0 Å². The summed E-state index contributed by atoms with van der Waals surface area (Å²) in [7, 11) is 0. The molecule has 0 aliphatic heterocycles. The first kappa shape index (κ1) is 11.4. The molecule has 1 rings (SSSR count). The highest BCUT2D eigenvalue weighted by molar-refractivity contribution is 7.78. The van der Waals surface area contributed by atoms with Gasteiger partial charge in [-0.25, -0.2) is 4.79 Å². The van der Waals surface area contributed by atoms with Crippen LogP contribution < -0.4 is 11.2 Å². The average Bonchev–Trinajstić information content (AvgIpc) is 2.26. The van der Waals surface area contributed by atoms with Gasteiger partial charge in [0.05, 0.1) is 11.2 Å². The summed E-state index contributed by atoms with van der Waals surface area (Å²) in [6.07, 6.45) is -1.16. The van der Waals surface area contributed by atoms with Crippen molar-refractivity contribution in [2.45, 2.75) is 6.54 Å². The molecule has 5 nitrogen and oxygen atoms in total. The Hall–Kier alpha value is -1.66. The van der Waals surface area contributed by atoms with Crippen molar-refractivity contribution >= 4 is 29.5 Å². The van der Waals surface area contributed by atoms with Gasteiger partial charge in [0.1, 0.15) is 0 Å². The zero-order valence-corrected chi connectivity index (χ0v) is 8.70. The fraction of sp³-hybridized carbons (Fsp3) is 0.111. The SMILES string of the molecule is NCc1ccc(NN(C=S)C(=O)O)cc1. The van der Waals surface area contributed by atoms with Crippen LogP contribution in [0.15, 0.2) is 24.3 Å². The number of benzene rings is 1. The second-order valence-corrected chi connectivity index (χ2v) is 2.98. The van der Waals surface area contributed by atoms with Crippen molar-refractivity contribution in [2.24, 2.45) is 5.73 Å². The van der Waals surface area contributed by atoms with Crippen LogP contribution >= 0.6 is 12.2 Å². The highest BCUT2D eigenvalue weighted by Crippen LogP contribution is 2.09. The van der Waals surface area contributed by atoms with E-state index < -0.39 is 6.09 Å². The second kappa shape index (κ2) is 5.28. The Bertz CT molecular complexity index is 353. The van der Waals surface area contributed by atoms with Gasteiger partial charge >= 0.3 is 6.09 Å². The Morgan fingerprint density at radius 2 is 2.13 bits per heavy atom. The van der Waals surface area contributed by atoms with Gasteiger partial charge < -0.3 is 10.8 Å². The molecule has 0 aliphatic carbocycles. The minimum Gasteiger partial charge on any atom is -0.463 e. The molecule has 4 N–H and O–H groups in total. The molecular formula is C9H11N3O2S. The number of hydrogen-bond donors (Lipinski definition) is 3. The summed E-state index contributed by atoms with van der Waals surface area (Å²) < 4.78 is 0. The lowest BCUT2D eigenvalue weighted by atomic mass is 10.2. The molecule has 6 heteroatoms. The molecule has 1 amide bonds. The third-order valence-corrected chi connectivity index (χ3v) is 1.96. The van der Waals surface area contributed by atoms with Crippen molar-refractivity contribution < 1.29 is 9.90 Å². The third-order valence-electron chi connectivity index (χ3n) is 1.75. The van der Waals surface area contributed by atoms with E-state index in [9.17, 15) is 4.79 Å². The number of carboxylic acid groups (broad SMARTS) is 1. The molecule has 15 heavy (non-hydrogen) atoms. The van der Waals surface area contributed by atoms with E-state index in [0.717, 1.165) is 16.1 Å². The summed E-state index contributed by atoms with van der Waals surface area (Å²) in [5.74, 6) is 0. The van der Waals surface area contributed by atoms with Crippen molar-refractivity contribution in [3.8, 4) is 0 Å². The lowest BCUT2D eigenvalue weighted by Gasteiger charge is -2.15. The Kier molecular flexibility index (Phi) is 4.02. The van der Waals surface area contributed by atoms with Crippen LogP contribution in [0, 0.1) is 0 Å². The van der Waals surface area contributed by atoms with Crippen molar-refractivity contribution in [3.63, 3.8) is 0 Å². The maximum atomic E-state index is 10.6. The smallest absolute Gasteiger partial charge is 0.431 e. The van der Waals surface area contributed by atoms with Crippen LogP contribution in [0.25, 0.3) is 0 Å². The summed E-state index contributed by atoms with van der Waals surface area (Å²) in [5, 5.41) is 9.48. The van der Waals surface area contributed by atoms with Gasteiger partial charge in [0.15, 0.2) is 0 Å². The summed E-state index contributed by atoms with van der Waals surface area (Å²) >= 11 is 4.54. The molecule has 0 spiro atoms. The number of rotatable bonds is 4. The topological polar surface area (TPSA) is 78.6 Å². The summed E-state index contributed by atoms with van der Waals surface area (Å²) in [6, 6.07) is 7.09. The number of hydrazine groups is 1. The van der Waals surface area contributed by atoms with Crippen LogP contribution in [0.3, 0.4) is 0 Å². The van der Waals surface area contributed by atoms with E-state index in [2.05, 4.69) is 17.6 Å². The number of nitrogens with zero attached hydrogens (tertiary/aromatic N) is 1. The molecule has 0 saturated carbocycles. The molecule has 0 aliphatic rings. The zero-order chi connectivity index (χ0) is 11.3. The van der Waals surface area contributed by atoms with E-state index in [1.165, 1.54) is 0 Å². The Morgan fingerprint density at radius 3 is 2.53 bits per heavy atom. The third kappa shape index (κ3) is 3.19. The summed E-state index contributed by atoms with van der Waals surface area (Å²) in [6.45, 7) is 0.454. The van der Waals surface area contributed by atoms with Gasteiger partial charge in [-0.1, -0.05) is 24.4 Å². The lowest BCUT2D eigenvalue weighted by molar-refractivity contribution is 0.177. The second-order valence-electron chi connectivity index (χ2n) is 2.77. The molecule has 0 atom stereocenters. The van der Waals surface area contributed by atoms with E-state index in [1.54, 1.807) is 12.1 Å². The van der Waals surface area contributed by atoms with Crippen LogP contribution in [0.5, 0.6) is 0 Å². The van der Waals surface area contributed by atoms with E-state index in [-0.39, 0.29) is 0 Å². The number of amides is 1. The first-order chi connectivity index (χ1) is 7.17. The molecule has 80 valence electrons. The van der Waals surface area contributed by atoms with Gasteiger partial charge in [-0.15, -0.1) is 0 Å². The van der Waals surface area contributed by atoms with Crippen LogP contribution in [0.1, 0.15) is 5.56 Å². The molecule has 1 aromatic carbocycles. The van der Waals surface area contributed by atoms with E-state index in [4.69, 9.17) is 10.8 Å². The van der Waals surface area contributed by atoms with E-state index >= 15 is 0 Å². The standard InChI is InChI=1S/C9H11N3O2S/c10-5-7-1-3-8(4-2-7)11-12(6-15)9(13)14/h1-4,6,11H,5,10H2,(H,13,14). The number of nitrogens with one attached hydrogen (secondary N) is 1. The Balaban J connectivity index is 2.71. The number of nitrogens with two attached hydrogens (primary N) is 1. The maximum absolute atomic E-state index is 10.6. The summed E-state index contributed by atoms with van der Waals surface area (Å²) in [4.78, 5) is 10.6. The molecule has 0 bridgehead atoms. The fourth-order valence-electron chi connectivity index (χ4n) is 0.974. The van der Waals surface area contributed by atoms with Crippen LogP contribution in [0.2, 0.25) is 0 Å². The van der Waals surface area contributed by atoms with E-state index in [0.29, 0.717) is 12.2 Å².